The number of aliphatic imine (C=N–C) groups is 1. The molecule has 1 N–H and O–H groups in total. The largest absolute Gasteiger partial charge is 0.497 e. The molecule has 5 rings (SSSR count). The molecule has 0 aliphatic carbocycles. The summed E-state index contributed by atoms with van der Waals surface area (Å²) in [5.41, 5.74) is 1.56. The number of benzene rings is 2. The van der Waals surface area contributed by atoms with Gasteiger partial charge in [-0.2, -0.15) is 15.1 Å². The van der Waals surface area contributed by atoms with Gasteiger partial charge in [0.05, 0.1) is 19.8 Å². The second kappa shape index (κ2) is 11.2. The molecule has 0 unspecified atom stereocenters. The Hall–Kier alpha value is -4.64. The summed E-state index contributed by atoms with van der Waals surface area (Å²) in [5, 5.41) is 15.4. The van der Waals surface area contributed by atoms with E-state index in [0.29, 0.717) is 52.0 Å². The summed E-state index contributed by atoms with van der Waals surface area (Å²) in [6.45, 7) is 0.613. The van der Waals surface area contributed by atoms with Crippen LogP contribution in [0, 0.1) is 5.41 Å². The van der Waals surface area contributed by atoms with Gasteiger partial charge in [-0.05, 0) is 59.8 Å². The highest BCUT2D eigenvalue weighted by Gasteiger charge is 2.36. The van der Waals surface area contributed by atoms with Crippen LogP contribution in [0.1, 0.15) is 11.1 Å². The first kappa shape index (κ1) is 25.0. The molecule has 0 fully saturated rings. The van der Waals surface area contributed by atoms with Crippen LogP contribution in [0.25, 0.3) is 6.08 Å². The Labute approximate surface area is 223 Å². The topological polar surface area (TPSA) is 119 Å². The molecule has 3 heterocycles. The van der Waals surface area contributed by atoms with E-state index in [4.69, 9.17) is 24.4 Å². The Kier molecular flexibility index (Phi) is 7.36. The molecule has 0 bridgehead atoms. The van der Waals surface area contributed by atoms with Gasteiger partial charge in [-0.1, -0.05) is 12.1 Å². The molecule has 1 amide bonds. The third-order valence-electron chi connectivity index (χ3n) is 5.51. The molecule has 11 heteroatoms. The molecular weight excluding hydrogens is 506 g/mol. The van der Waals surface area contributed by atoms with Gasteiger partial charge >= 0.3 is 0 Å². The molecule has 2 aliphatic rings. The predicted molar refractivity (Wildman–Crippen MR) is 145 cm³/mol. The lowest BCUT2D eigenvalue weighted by molar-refractivity contribution is -0.114. The van der Waals surface area contributed by atoms with Crippen molar-refractivity contribution < 1.29 is 23.7 Å². The zero-order chi connectivity index (χ0) is 26.5. The van der Waals surface area contributed by atoms with Crippen LogP contribution >= 0.6 is 11.8 Å². The van der Waals surface area contributed by atoms with Crippen molar-refractivity contribution in [2.75, 3.05) is 27.4 Å². The fourth-order valence-electron chi connectivity index (χ4n) is 3.66. The molecule has 1 aromatic heterocycles. The number of hydrogen-bond acceptors (Lipinski definition) is 9. The molecular formula is C27H23N5O5S. The molecule has 2 aromatic carbocycles. The SMILES string of the molecule is COc1cccc(OCCOc2ccc(/C=C3/C(=N)N4N=C(c5cccnc5)SC4=NC3=O)cc2OC)c1. The van der Waals surface area contributed by atoms with Crippen molar-refractivity contribution in [1.82, 2.24) is 9.99 Å². The zero-order valence-corrected chi connectivity index (χ0v) is 21.4. The zero-order valence-electron chi connectivity index (χ0n) is 20.6. The van der Waals surface area contributed by atoms with E-state index in [2.05, 4.69) is 15.1 Å². The lowest BCUT2D eigenvalue weighted by Crippen LogP contribution is -2.35. The fraction of sp³-hybridized carbons (Fsp3) is 0.148. The summed E-state index contributed by atoms with van der Waals surface area (Å²) in [5.74, 6) is 1.83. The first-order chi connectivity index (χ1) is 18.6. The van der Waals surface area contributed by atoms with E-state index in [1.54, 1.807) is 55.9 Å². The van der Waals surface area contributed by atoms with Crippen molar-refractivity contribution in [3.63, 3.8) is 0 Å². The fourth-order valence-corrected chi connectivity index (χ4v) is 4.54. The minimum Gasteiger partial charge on any atom is -0.497 e. The number of aromatic nitrogens is 1. The number of fused-ring (bicyclic) bond motifs is 1. The molecule has 3 aromatic rings. The third-order valence-corrected chi connectivity index (χ3v) is 6.47. The number of carbonyl (C=O) groups is 1. The van der Waals surface area contributed by atoms with Crippen LogP contribution in [0.15, 0.2) is 82.7 Å². The summed E-state index contributed by atoms with van der Waals surface area (Å²) < 4.78 is 22.2. The lowest BCUT2D eigenvalue weighted by atomic mass is 10.1. The molecule has 10 nitrogen and oxygen atoms in total. The number of pyridine rings is 1. The number of methoxy groups -OCH3 is 2. The van der Waals surface area contributed by atoms with Gasteiger partial charge < -0.3 is 18.9 Å². The first-order valence-electron chi connectivity index (χ1n) is 11.5. The number of carbonyl (C=O) groups excluding carboxylic acids is 1. The summed E-state index contributed by atoms with van der Waals surface area (Å²) in [6, 6.07) is 16.2. The van der Waals surface area contributed by atoms with Crippen molar-refractivity contribution in [3.05, 3.63) is 83.7 Å². The Morgan fingerprint density at radius 2 is 1.82 bits per heavy atom. The Bertz CT molecular complexity index is 1470. The van der Waals surface area contributed by atoms with Crippen LogP contribution in [0.4, 0.5) is 0 Å². The average molecular weight is 530 g/mol. The van der Waals surface area contributed by atoms with E-state index >= 15 is 0 Å². The van der Waals surface area contributed by atoms with Gasteiger partial charge in [0, 0.05) is 24.0 Å². The van der Waals surface area contributed by atoms with Crippen molar-refractivity contribution in [1.29, 1.82) is 5.41 Å². The number of ether oxygens (including phenoxy) is 4. The van der Waals surface area contributed by atoms with Crippen molar-refractivity contribution in [2.45, 2.75) is 0 Å². The summed E-state index contributed by atoms with van der Waals surface area (Å²) in [7, 11) is 3.14. The molecule has 38 heavy (non-hydrogen) atoms. The molecule has 192 valence electrons. The molecule has 0 atom stereocenters. The highest BCUT2D eigenvalue weighted by atomic mass is 32.2. The highest BCUT2D eigenvalue weighted by molar-refractivity contribution is 8.27. The Balaban J connectivity index is 1.27. The summed E-state index contributed by atoms with van der Waals surface area (Å²) >= 11 is 1.23. The standard InChI is InChI=1S/C27H23N5O5S/c1-34-19-6-3-7-20(15-19)36-11-12-37-22-9-8-17(14-23(22)35-2)13-21-24(28)32-27(30-25(21)33)38-26(31-32)18-5-4-10-29-16-18/h3-10,13-16,28H,11-12H2,1-2H3/b21-13-,28-24?. The Morgan fingerprint density at radius 1 is 0.974 bits per heavy atom. The van der Waals surface area contributed by atoms with E-state index in [1.807, 2.05) is 24.3 Å². The van der Waals surface area contributed by atoms with E-state index in [9.17, 15) is 4.79 Å². The number of rotatable bonds is 9. The molecule has 0 radical (unpaired) electrons. The van der Waals surface area contributed by atoms with Crippen LogP contribution < -0.4 is 18.9 Å². The number of amidine groups is 2. The van der Waals surface area contributed by atoms with Gasteiger partial charge in [0.1, 0.15) is 29.8 Å². The first-order valence-corrected chi connectivity index (χ1v) is 12.4. The lowest BCUT2D eigenvalue weighted by Gasteiger charge is -2.20. The number of amides is 1. The van der Waals surface area contributed by atoms with E-state index in [0.717, 1.165) is 5.56 Å². The maximum atomic E-state index is 12.8. The monoisotopic (exact) mass is 529 g/mol. The van der Waals surface area contributed by atoms with Crippen LogP contribution in [-0.4, -0.2) is 59.4 Å². The van der Waals surface area contributed by atoms with Crippen molar-refractivity contribution >= 4 is 39.8 Å². The van der Waals surface area contributed by atoms with Gasteiger partial charge in [0.25, 0.3) is 5.91 Å². The Morgan fingerprint density at radius 3 is 2.61 bits per heavy atom. The summed E-state index contributed by atoms with van der Waals surface area (Å²) in [6.07, 6.45) is 4.93. The molecule has 2 aliphatic heterocycles. The maximum absolute atomic E-state index is 12.8. The second-order valence-corrected chi connectivity index (χ2v) is 8.91. The van der Waals surface area contributed by atoms with Crippen LogP contribution in [0.3, 0.4) is 0 Å². The second-order valence-electron chi connectivity index (χ2n) is 7.95. The van der Waals surface area contributed by atoms with Crippen LogP contribution in [-0.2, 0) is 4.79 Å². The highest BCUT2D eigenvalue weighted by Crippen LogP contribution is 2.32. The number of thioether (sulfide) groups is 1. The van der Waals surface area contributed by atoms with Gasteiger partial charge in [-0.3, -0.25) is 15.2 Å². The quantitative estimate of drug-likeness (QED) is 0.323. The molecule has 0 spiro atoms. The number of nitrogens with zero attached hydrogens (tertiary/aromatic N) is 4. The van der Waals surface area contributed by atoms with E-state index in [-0.39, 0.29) is 11.4 Å². The van der Waals surface area contributed by atoms with Crippen LogP contribution in [0.2, 0.25) is 0 Å². The molecule has 0 saturated carbocycles. The smallest absolute Gasteiger partial charge is 0.283 e. The van der Waals surface area contributed by atoms with Crippen molar-refractivity contribution in [3.8, 4) is 23.0 Å². The number of nitrogens with one attached hydrogen (secondary N) is 1. The average Bonchev–Trinajstić information content (AvgIpc) is 3.38. The van der Waals surface area contributed by atoms with Crippen molar-refractivity contribution in [2.24, 2.45) is 10.1 Å². The van der Waals surface area contributed by atoms with E-state index in [1.165, 1.54) is 23.9 Å². The molecule has 0 saturated heterocycles. The minimum atomic E-state index is -0.509. The maximum Gasteiger partial charge on any atom is 0.283 e. The van der Waals surface area contributed by atoms with Gasteiger partial charge in [0.2, 0.25) is 5.17 Å². The van der Waals surface area contributed by atoms with Gasteiger partial charge in [-0.15, -0.1) is 0 Å². The number of hydrazone groups is 1. The van der Waals surface area contributed by atoms with Crippen LogP contribution in [0.5, 0.6) is 23.0 Å². The predicted octanol–water partition coefficient (Wildman–Crippen LogP) is 4.22. The van der Waals surface area contributed by atoms with Gasteiger partial charge in [-0.25, -0.2) is 0 Å². The minimum absolute atomic E-state index is 0.0552. The summed E-state index contributed by atoms with van der Waals surface area (Å²) in [4.78, 5) is 21.0. The number of hydrogen-bond donors (Lipinski definition) is 1. The third kappa shape index (κ3) is 5.37. The van der Waals surface area contributed by atoms with E-state index < -0.39 is 5.91 Å². The van der Waals surface area contributed by atoms with Gasteiger partial charge in [0.15, 0.2) is 17.3 Å². The normalized spacial score (nSPS) is 15.6.